The molecule has 0 aromatic heterocycles. The normalized spacial score (nSPS) is 25.2. The first kappa shape index (κ1) is 15.6. The third-order valence-corrected chi connectivity index (χ3v) is 4.81. The van der Waals surface area contributed by atoms with Crippen LogP contribution in [0.5, 0.6) is 5.75 Å². The van der Waals surface area contributed by atoms with Gasteiger partial charge in [-0.15, -0.1) is 0 Å². The predicted octanol–water partition coefficient (Wildman–Crippen LogP) is 2.71. The molecule has 2 saturated heterocycles. The Morgan fingerprint density at radius 2 is 2.18 bits per heavy atom. The van der Waals surface area contributed by atoms with Gasteiger partial charge in [-0.05, 0) is 44.4 Å². The fraction of sp³-hybridized carbons (Fsp3) is 0.588. The van der Waals surface area contributed by atoms with Crippen molar-refractivity contribution < 1.29 is 9.53 Å². The molecule has 22 heavy (non-hydrogen) atoms. The minimum absolute atomic E-state index is 0.0308. The van der Waals surface area contributed by atoms with E-state index in [1.54, 1.807) is 0 Å². The third-order valence-electron chi connectivity index (χ3n) is 4.50. The number of halogens is 1. The van der Waals surface area contributed by atoms with Crippen LogP contribution in [0.1, 0.15) is 25.7 Å². The van der Waals surface area contributed by atoms with E-state index in [1.165, 1.54) is 0 Å². The summed E-state index contributed by atoms with van der Waals surface area (Å²) in [5, 5.41) is 3.93. The highest BCUT2D eigenvalue weighted by Gasteiger charge is 2.30. The minimum atomic E-state index is 0.0308. The molecule has 1 amide bonds. The molecule has 2 atom stereocenters. The first-order valence-corrected chi connectivity index (χ1v) is 8.51. The molecule has 1 N–H and O–H groups in total. The van der Waals surface area contributed by atoms with E-state index < -0.39 is 0 Å². The molecule has 1 aromatic rings. The van der Waals surface area contributed by atoms with Gasteiger partial charge in [0, 0.05) is 19.0 Å². The van der Waals surface area contributed by atoms with Crippen LogP contribution >= 0.6 is 11.6 Å². The van der Waals surface area contributed by atoms with Crippen molar-refractivity contribution in [2.75, 3.05) is 26.2 Å². The van der Waals surface area contributed by atoms with Gasteiger partial charge in [-0.3, -0.25) is 4.79 Å². The smallest absolute Gasteiger partial charge is 0.239 e. The van der Waals surface area contributed by atoms with Crippen LogP contribution in [0.15, 0.2) is 24.3 Å². The van der Waals surface area contributed by atoms with Gasteiger partial charge in [0.05, 0.1) is 17.7 Å². The lowest BCUT2D eigenvalue weighted by atomic mass is 9.98. The van der Waals surface area contributed by atoms with Gasteiger partial charge < -0.3 is 15.0 Å². The van der Waals surface area contributed by atoms with Crippen molar-refractivity contribution in [3.8, 4) is 5.75 Å². The number of amides is 1. The van der Waals surface area contributed by atoms with E-state index in [1.807, 2.05) is 29.2 Å². The van der Waals surface area contributed by atoms with Crippen LogP contribution in [-0.4, -0.2) is 43.1 Å². The predicted molar refractivity (Wildman–Crippen MR) is 87.3 cm³/mol. The first-order valence-electron chi connectivity index (χ1n) is 8.13. The average Bonchev–Trinajstić information content (AvgIpc) is 3.08. The van der Waals surface area contributed by atoms with E-state index in [9.17, 15) is 4.79 Å². The van der Waals surface area contributed by atoms with Crippen LogP contribution in [0.25, 0.3) is 0 Å². The van der Waals surface area contributed by atoms with Crippen molar-refractivity contribution in [3.63, 3.8) is 0 Å². The molecule has 0 aliphatic carbocycles. The zero-order valence-electron chi connectivity index (χ0n) is 12.8. The Bertz CT molecular complexity index is 517. The van der Waals surface area contributed by atoms with Crippen LogP contribution in [0, 0.1) is 5.92 Å². The summed E-state index contributed by atoms with van der Waals surface area (Å²) in [5.74, 6) is 1.38. The number of hydrogen-bond donors (Lipinski definition) is 1. The van der Waals surface area contributed by atoms with Gasteiger partial charge in [-0.25, -0.2) is 0 Å². The zero-order chi connectivity index (χ0) is 15.4. The minimum Gasteiger partial charge on any atom is -0.492 e. The molecule has 2 aliphatic heterocycles. The lowest BCUT2D eigenvalue weighted by Crippen LogP contribution is -2.48. The molecule has 2 fully saturated rings. The maximum Gasteiger partial charge on any atom is 0.239 e. The van der Waals surface area contributed by atoms with E-state index >= 15 is 0 Å². The molecule has 0 unspecified atom stereocenters. The summed E-state index contributed by atoms with van der Waals surface area (Å²) in [6.07, 6.45) is 4.22. The van der Waals surface area contributed by atoms with Crippen molar-refractivity contribution in [2.45, 2.75) is 31.7 Å². The Hall–Kier alpha value is -1.26. The lowest BCUT2D eigenvalue weighted by molar-refractivity contribution is -0.135. The van der Waals surface area contributed by atoms with Crippen LogP contribution in [0.3, 0.4) is 0 Å². The summed E-state index contributed by atoms with van der Waals surface area (Å²) in [7, 11) is 0. The number of benzene rings is 1. The largest absolute Gasteiger partial charge is 0.492 e. The summed E-state index contributed by atoms with van der Waals surface area (Å²) in [6, 6.07) is 7.56. The molecule has 1 aromatic carbocycles. The number of carbonyl (C=O) groups excluding carboxylic acids is 1. The fourth-order valence-electron chi connectivity index (χ4n) is 3.29. The molecule has 2 aliphatic rings. The highest BCUT2D eigenvalue weighted by atomic mass is 35.5. The lowest BCUT2D eigenvalue weighted by Gasteiger charge is -2.34. The number of ether oxygens (including phenoxy) is 1. The van der Waals surface area contributed by atoms with Crippen molar-refractivity contribution in [3.05, 3.63) is 29.3 Å². The van der Waals surface area contributed by atoms with Gasteiger partial charge in [-0.2, -0.15) is 0 Å². The SMILES string of the molecule is O=C([C@@H]1CCCN1)N1CCC[C@H](COc2ccccc2Cl)C1. The molecule has 120 valence electrons. The van der Waals surface area contributed by atoms with Crippen molar-refractivity contribution in [1.82, 2.24) is 10.2 Å². The first-order chi connectivity index (χ1) is 10.7. The zero-order valence-corrected chi connectivity index (χ0v) is 13.5. The van der Waals surface area contributed by atoms with Gasteiger partial charge in [0.1, 0.15) is 5.75 Å². The summed E-state index contributed by atoms with van der Waals surface area (Å²) in [5.41, 5.74) is 0. The highest BCUT2D eigenvalue weighted by Crippen LogP contribution is 2.25. The Balaban J connectivity index is 1.52. The van der Waals surface area contributed by atoms with Gasteiger partial charge in [0.15, 0.2) is 0 Å². The molecule has 0 bridgehead atoms. The average molecular weight is 323 g/mol. The summed E-state index contributed by atoms with van der Waals surface area (Å²) in [4.78, 5) is 14.5. The van der Waals surface area contributed by atoms with E-state index in [0.29, 0.717) is 17.5 Å². The fourth-order valence-corrected chi connectivity index (χ4v) is 3.48. The Labute approximate surface area is 136 Å². The van der Waals surface area contributed by atoms with Crippen molar-refractivity contribution in [2.24, 2.45) is 5.92 Å². The number of rotatable bonds is 4. The van der Waals surface area contributed by atoms with Crippen molar-refractivity contribution in [1.29, 1.82) is 0 Å². The number of hydrogen-bond acceptors (Lipinski definition) is 3. The molecule has 0 saturated carbocycles. The van der Waals surface area contributed by atoms with Crippen LogP contribution in [-0.2, 0) is 4.79 Å². The van der Waals surface area contributed by atoms with E-state index in [4.69, 9.17) is 16.3 Å². The highest BCUT2D eigenvalue weighted by molar-refractivity contribution is 6.32. The molecule has 3 rings (SSSR count). The molecular formula is C17H23ClN2O2. The number of likely N-dealkylation sites (tertiary alicyclic amines) is 1. The van der Waals surface area contributed by atoms with E-state index in [-0.39, 0.29) is 11.9 Å². The van der Waals surface area contributed by atoms with Gasteiger partial charge in [-0.1, -0.05) is 23.7 Å². The quantitative estimate of drug-likeness (QED) is 0.926. The Morgan fingerprint density at radius 1 is 1.32 bits per heavy atom. The monoisotopic (exact) mass is 322 g/mol. The van der Waals surface area contributed by atoms with Gasteiger partial charge >= 0.3 is 0 Å². The third kappa shape index (κ3) is 3.73. The summed E-state index contributed by atoms with van der Waals surface area (Å²) >= 11 is 6.11. The van der Waals surface area contributed by atoms with E-state index in [0.717, 1.165) is 51.1 Å². The molecule has 0 radical (unpaired) electrons. The van der Waals surface area contributed by atoms with Crippen LogP contribution in [0.2, 0.25) is 5.02 Å². The molecule has 4 nitrogen and oxygen atoms in total. The molecular weight excluding hydrogens is 300 g/mol. The number of carbonyl (C=O) groups is 1. The second kappa shape index (κ2) is 7.34. The number of nitrogens with one attached hydrogen (secondary N) is 1. The van der Waals surface area contributed by atoms with Gasteiger partial charge in [0.25, 0.3) is 0 Å². The summed E-state index contributed by atoms with van der Waals surface area (Å²) in [6.45, 7) is 3.25. The molecule has 0 spiro atoms. The van der Waals surface area contributed by atoms with Crippen molar-refractivity contribution >= 4 is 17.5 Å². The second-order valence-electron chi connectivity index (χ2n) is 6.18. The van der Waals surface area contributed by atoms with Crippen LogP contribution < -0.4 is 10.1 Å². The molecule has 5 heteroatoms. The Kier molecular flexibility index (Phi) is 5.21. The number of piperidine rings is 1. The van der Waals surface area contributed by atoms with E-state index in [2.05, 4.69) is 5.32 Å². The number of para-hydroxylation sites is 1. The Morgan fingerprint density at radius 3 is 2.95 bits per heavy atom. The van der Waals surface area contributed by atoms with Crippen LogP contribution in [0.4, 0.5) is 0 Å². The number of nitrogens with zero attached hydrogens (tertiary/aromatic N) is 1. The standard InChI is InChI=1S/C17H23ClN2O2/c18-14-6-1-2-8-16(14)22-12-13-5-4-10-20(11-13)17(21)15-7-3-9-19-15/h1-2,6,8,13,15,19H,3-5,7,9-12H2/t13-,15-/m0/s1. The molecule has 2 heterocycles. The maximum atomic E-state index is 12.5. The summed E-state index contributed by atoms with van der Waals surface area (Å²) < 4.78 is 5.84. The van der Waals surface area contributed by atoms with Gasteiger partial charge in [0.2, 0.25) is 5.91 Å². The maximum absolute atomic E-state index is 12.5. The second-order valence-corrected chi connectivity index (χ2v) is 6.59. The topological polar surface area (TPSA) is 41.6 Å².